The lowest BCUT2D eigenvalue weighted by atomic mass is 10.2. The molecular formula is C13H18FNO2. The molecule has 1 aromatic carbocycles. The number of halogens is 1. The molecule has 0 N–H and O–H groups in total. The van der Waals surface area contributed by atoms with Gasteiger partial charge in [-0.2, -0.15) is 0 Å². The molecule has 0 fully saturated rings. The van der Waals surface area contributed by atoms with Crippen LogP contribution in [0.3, 0.4) is 0 Å². The molecule has 0 aliphatic carbocycles. The average Bonchev–Trinajstić information content (AvgIpc) is 2.28. The predicted octanol–water partition coefficient (Wildman–Crippen LogP) is 2.38. The zero-order valence-corrected chi connectivity index (χ0v) is 10.5. The van der Waals surface area contributed by atoms with Gasteiger partial charge in [-0.25, -0.2) is 4.39 Å². The highest BCUT2D eigenvalue weighted by Gasteiger charge is 2.04. The summed E-state index contributed by atoms with van der Waals surface area (Å²) in [5, 5.41) is 0. The molecule has 0 bridgehead atoms. The molecular weight excluding hydrogens is 221 g/mol. The lowest BCUT2D eigenvalue weighted by Gasteiger charge is -2.10. The van der Waals surface area contributed by atoms with Gasteiger partial charge in [-0.3, -0.25) is 4.79 Å². The molecule has 3 nitrogen and oxygen atoms in total. The van der Waals surface area contributed by atoms with Crippen molar-refractivity contribution in [3.63, 3.8) is 0 Å². The Morgan fingerprint density at radius 1 is 1.41 bits per heavy atom. The van der Waals surface area contributed by atoms with Crippen LogP contribution in [0.5, 0.6) is 5.75 Å². The van der Waals surface area contributed by atoms with Crippen LogP contribution in [0, 0.1) is 12.7 Å². The molecule has 1 amide bonds. The van der Waals surface area contributed by atoms with Crippen molar-refractivity contribution in [2.24, 2.45) is 0 Å². The second kappa shape index (κ2) is 6.23. The van der Waals surface area contributed by atoms with E-state index in [1.54, 1.807) is 38.1 Å². The van der Waals surface area contributed by atoms with E-state index in [9.17, 15) is 9.18 Å². The van der Waals surface area contributed by atoms with Gasteiger partial charge in [-0.05, 0) is 37.1 Å². The third kappa shape index (κ3) is 4.43. The number of amides is 1. The van der Waals surface area contributed by atoms with E-state index in [0.717, 1.165) is 0 Å². The van der Waals surface area contributed by atoms with Crippen molar-refractivity contribution in [2.75, 3.05) is 20.7 Å². The molecule has 94 valence electrons. The van der Waals surface area contributed by atoms with Gasteiger partial charge in [0.15, 0.2) is 0 Å². The largest absolute Gasteiger partial charge is 0.494 e. The fraction of sp³-hybridized carbons (Fsp3) is 0.462. The van der Waals surface area contributed by atoms with Crippen molar-refractivity contribution in [3.8, 4) is 5.75 Å². The van der Waals surface area contributed by atoms with Gasteiger partial charge >= 0.3 is 0 Å². The fourth-order valence-electron chi connectivity index (χ4n) is 1.34. The Morgan fingerprint density at radius 3 is 2.71 bits per heavy atom. The van der Waals surface area contributed by atoms with E-state index in [0.29, 0.717) is 30.8 Å². The Kier molecular flexibility index (Phi) is 4.94. The lowest BCUT2D eigenvalue weighted by Crippen LogP contribution is -2.21. The Bertz CT molecular complexity index is 391. The molecule has 0 aromatic heterocycles. The molecule has 1 rings (SSSR count). The SMILES string of the molecule is Cc1cc(OCCCC(=O)N(C)C)ccc1F. The van der Waals surface area contributed by atoms with Crippen LogP contribution < -0.4 is 4.74 Å². The summed E-state index contributed by atoms with van der Waals surface area (Å²) in [6, 6.07) is 4.63. The Balaban J connectivity index is 2.31. The molecule has 0 aliphatic heterocycles. The molecule has 0 saturated heterocycles. The molecule has 0 aliphatic rings. The molecule has 4 heteroatoms. The quantitative estimate of drug-likeness (QED) is 0.738. The first-order chi connectivity index (χ1) is 8.00. The fourth-order valence-corrected chi connectivity index (χ4v) is 1.34. The molecule has 0 unspecified atom stereocenters. The molecule has 1 aromatic rings. The number of hydrogen-bond donors (Lipinski definition) is 0. The molecule has 0 radical (unpaired) electrons. The minimum atomic E-state index is -0.236. The number of ether oxygens (including phenoxy) is 1. The second-order valence-electron chi connectivity index (χ2n) is 4.15. The minimum Gasteiger partial charge on any atom is -0.494 e. The summed E-state index contributed by atoms with van der Waals surface area (Å²) < 4.78 is 18.4. The van der Waals surface area contributed by atoms with E-state index in [2.05, 4.69) is 0 Å². The predicted molar refractivity (Wildman–Crippen MR) is 64.6 cm³/mol. The van der Waals surface area contributed by atoms with E-state index in [1.807, 2.05) is 0 Å². The Hall–Kier alpha value is -1.58. The summed E-state index contributed by atoms with van der Waals surface area (Å²) in [7, 11) is 3.46. The van der Waals surface area contributed by atoms with E-state index in [1.165, 1.54) is 6.07 Å². The molecule has 0 heterocycles. The number of hydrogen-bond acceptors (Lipinski definition) is 2. The van der Waals surface area contributed by atoms with Crippen LogP contribution >= 0.6 is 0 Å². The zero-order valence-electron chi connectivity index (χ0n) is 10.5. The van der Waals surface area contributed by atoms with Gasteiger partial charge in [-0.15, -0.1) is 0 Å². The van der Waals surface area contributed by atoms with E-state index in [-0.39, 0.29) is 11.7 Å². The Labute approximate surface area is 101 Å². The maximum absolute atomic E-state index is 13.0. The van der Waals surface area contributed by atoms with Crippen molar-refractivity contribution in [1.29, 1.82) is 0 Å². The number of benzene rings is 1. The summed E-state index contributed by atoms with van der Waals surface area (Å²) in [5.41, 5.74) is 0.562. The first-order valence-corrected chi connectivity index (χ1v) is 5.60. The highest BCUT2D eigenvalue weighted by Crippen LogP contribution is 2.16. The maximum atomic E-state index is 13.0. The molecule has 17 heavy (non-hydrogen) atoms. The zero-order chi connectivity index (χ0) is 12.8. The van der Waals surface area contributed by atoms with E-state index in [4.69, 9.17) is 4.74 Å². The van der Waals surface area contributed by atoms with Crippen molar-refractivity contribution >= 4 is 5.91 Å². The van der Waals surface area contributed by atoms with E-state index >= 15 is 0 Å². The van der Waals surface area contributed by atoms with Gasteiger partial charge in [0.25, 0.3) is 0 Å². The van der Waals surface area contributed by atoms with Crippen LogP contribution in [-0.4, -0.2) is 31.5 Å². The second-order valence-corrected chi connectivity index (χ2v) is 4.15. The van der Waals surface area contributed by atoms with Crippen LogP contribution in [0.15, 0.2) is 18.2 Å². The van der Waals surface area contributed by atoms with Gasteiger partial charge < -0.3 is 9.64 Å². The monoisotopic (exact) mass is 239 g/mol. The normalized spacial score (nSPS) is 10.1. The van der Waals surface area contributed by atoms with Crippen LogP contribution in [-0.2, 0) is 4.79 Å². The van der Waals surface area contributed by atoms with Crippen molar-refractivity contribution in [1.82, 2.24) is 4.90 Å². The minimum absolute atomic E-state index is 0.0869. The third-order valence-corrected chi connectivity index (χ3v) is 2.43. The van der Waals surface area contributed by atoms with Crippen LogP contribution in [0.1, 0.15) is 18.4 Å². The first-order valence-electron chi connectivity index (χ1n) is 5.60. The van der Waals surface area contributed by atoms with Crippen molar-refractivity contribution in [2.45, 2.75) is 19.8 Å². The van der Waals surface area contributed by atoms with Gasteiger partial charge in [-0.1, -0.05) is 0 Å². The van der Waals surface area contributed by atoms with Gasteiger partial charge in [0.05, 0.1) is 6.61 Å². The standard InChI is InChI=1S/C13H18FNO2/c1-10-9-11(6-7-12(10)14)17-8-4-5-13(16)15(2)3/h6-7,9H,4-5,8H2,1-3H3. The molecule has 0 spiro atoms. The summed E-state index contributed by atoms with van der Waals surface area (Å²) in [6.07, 6.45) is 1.13. The van der Waals surface area contributed by atoms with Gasteiger partial charge in [0.1, 0.15) is 11.6 Å². The molecule has 0 saturated carbocycles. The highest BCUT2D eigenvalue weighted by atomic mass is 19.1. The topological polar surface area (TPSA) is 29.5 Å². The third-order valence-electron chi connectivity index (χ3n) is 2.43. The molecule has 0 atom stereocenters. The summed E-state index contributed by atoms with van der Waals surface area (Å²) in [4.78, 5) is 12.8. The summed E-state index contributed by atoms with van der Waals surface area (Å²) in [5.74, 6) is 0.491. The van der Waals surface area contributed by atoms with E-state index < -0.39 is 0 Å². The smallest absolute Gasteiger partial charge is 0.222 e. The maximum Gasteiger partial charge on any atom is 0.222 e. The van der Waals surface area contributed by atoms with Crippen molar-refractivity contribution in [3.05, 3.63) is 29.6 Å². The number of aryl methyl sites for hydroxylation is 1. The summed E-state index contributed by atoms with van der Waals surface area (Å²) in [6.45, 7) is 2.16. The number of carbonyl (C=O) groups excluding carboxylic acids is 1. The van der Waals surface area contributed by atoms with Crippen LogP contribution in [0.2, 0.25) is 0 Å². The van der Waals surface area contributed by atoms with Crippen LogP contribution in [0.25, 0.3) is 0 Å². The lowest BCUT2D eigenvalue weighted by molar-refractivity contribution is -0.128. The van der Waals surface area contributed by atoms with Gasteiger partial charge in [0, 0.05) is 20.5 Å². The number of nitrogens with zero attached hydrogens (tertiary/aromatic N) is 1. The first kappa shape index (κ1) is 13.5. The number of carbonyl (C=O) groups is 1. The average molecular weight is 239 g/mol. The Morgan fingerprint density at radius 2 is 2.12 bits per heavy atom. The van der Waals surface area contributed by atoms with Crippen molar-refractivity contribution < 1.29 is 13.9 Å². The highest BCUT2D eigenvalue weighted by molar-refractivity contribution is 5.75. The summed E-state index contributed by atoms with van der Waals surface area (Å²) >= 11 is 0. The number of rotatable bonds is 5. The van der Waals surface area contributed by atoms with Gasteiger partial charge in [0.2, 0.25) is 5.91 Å². The van der Waals surface area contributed by atoms with Crippen LogP contribution in [0.4, 0.5) is 4.39 Å².